The van der Waals surface area contributed by atoms with Gasteiger partial charge in [-0.3, -0.25) is 4.79 Å². The Morgan fingerprint density at radius 2 is 2.10 bits per heavy atom. The summed E-state index contributed by atoms with van der Waals surface area (Å²) in [6.45, 7) is 3.22. The first kappa shape index (κ1) is 16.3. The first-order valence-electron chi connectivity index (χ1n) is 6.53. The van der Waals surface area contributed by atoms with Crippen LogP contribution in [-0.2, 0) is 11.3 Å². The van der Waals surface area contributed by atoms with Gasteiger partial charge in [0, 0.05) is 23.8 Å². The van der Waals surface area contributed by atoms with E-state index in [1.54, 1.807) is 0 Å². The van der Waals surface area contributed by atoms with Crippen LogP contribution < -0.4 is 10.6 Å². The zero-order chi connectivity index (χ0) is 14.8. The summed E-state index contributed by atoms with van der Waals surface area (Å²) in [5.74, 6) is -0.329. The van der Waals surface area contributed by atoms with E-state index in [9.17, 15) is 4.79 Å². The minimum absolute atomic E-state index is 0.0956. The van der Waals surface area contributed by atoms with E-state index in [4.69, 9.17) is 5.26 Å². The van der Waals surface area contributed by atoms with E-state index in [1.807, 2.05) is 37.3 Å². The molecule has 4 nitrogen and oxygen atoms in total. The molecule has 20 heavy (non-hydrogen) atoms. The van der Waals surface area contributed by atoms with Crippen LogP contribution in [0.2, 0.25) is 0 Å². The van der Waals surface area contributed by atoms with Gasteiger partial charge in [0.2, 0.25) is 0 Å². The third-order valence-corrected chi connectivity index (χ3v) is 3.18. The number of halogens is 1. The van der Waals surface area contributed by atoms with Crippen molar-refractivity contribution in [1.82, 2.24) is 10.6 Å². The standard InChI is InChI=1S/C15H18BrN3O/c1-2-3-8-19-15(20)13(9-17)11-18-10-12-4-6-14(16)7-5-12/h4-7,11,18H,2-3,8,10H2,1H3,(H,19,20)/b13-11-. The molecular weight excluding hydrogens is 318 g/mol. The second-order valence-corrected chi connectivity index (χ2v) is 5.20. The van der Waals surface area contributed by atoms with Gasteiger partial charge in [-0.25, -0.2) is 0 Å². The summed E-state index contributed by atoms with van der Waals surface area (Å²) in [5, 5.41) is 14.7. The highest BCUT2D eigenvalue weighted by Crippen LogP contribution is 2.10. The van der Waals surface area contributed by atoms with Gasteiger partial charge in [-0.15, -0.1) is 0 Å². The monoisotopic (exact) mass is 335 g/mol. The lowest BCUT2D eigenvalue weighted by atomic mass is 10.2. The average molecular weight is 336 g/mol. The fourth-order valence-electron chi connectivity index (χ4n) is 1.50. The van der Waals surface area contributed by atoms with Crippen molar-refractivity contribution in [3.8, 4) is 6.07 Å². The number of unbranched alkanes of at least 4 members (excludes halogenated alkanes) is 1. The van der Waals surface area contributed by atoms with E-state index in [2.05, 4.69) is 26.6 Å². The molecule has 0 spiro atoms. The van der Waals surface area contributed by atoms with E-state index >= 15 is 0 Å². The number of rotatable bonds is 7. The molecule has 0 fully saturated rings. The number of nitrogens with one attached hydrogen (secondary N) is 2. The third kappa shape index (κ3) is 5.89. The molecule has 0 saturated heterocycles. The normalized spacial score (nSPS) is 10.8. The molecule has 0 unspecified atom stereocenters. The summed E-state index contributed by atoms with van der Waals surface area (Å²) >= 11 is 3.37. The number of carbonyl (C=O) groups excluding carboxylic acids is 1. The van der Waals surface area contributed by atoms with E-state index in [1.165, 1.54) is 6.20 Å². The van der Waals surface area contributed by atoms with Crippen LogP contribution in [0.1, 0.15) is 25.3 Å². The lowest BCUT2D eigenvalue weighted by Gasteiger charge is -2.04. The van der Waals surface area contributed by atoms with Crippen molar-refractivity contribution in [2.75, 3.05) is 6.54 Å². The molecule has 0 atom stereocenters. The lowest BCUT2D eigenvalue weighted by Crippen LogP contribution is -2.26. The molecule has 106 valence electrons. The Kier molecular flexibility index (Phi) is 7.44. The van der Waals surface area contributed by atoms with Crippen molar-refractivity contribution < 1.29 is 4.79 Å². The van der Waals surface area contributed by atoms with Crippen LogP contribution >= 0.6 is 15.9 Å². The van der Waals surface area contributed by atoms with E-state index in [0.717, 1.165) is 22.9 Å². The summed E-state index contributed by atoms with van der Waals surface area (Å²) in [7, 11) is 0. The minimum atomic E-state index is -0.329. The van der Waals surface area contributed by atoms with Crippen LogP contribution in [0.5, 0.6) is 0 Å². The summed E-state index contributed by atoms with van der Waals surface area (Å²) in [4.78, 5) is 11.7. The molecule has 0 aliphatic rings. The molecule has 0 heterocycles. The second-order valence-electron chi connectivity index (χ2n) is 4.29. The van der Waals surface area contributed by atoms with Gasteiger partial charge in [-0.1, -0.05) is 41.4 Å². The highest BCUT2D eigenvalue weighted by Gasteiger charge is 2.07. The molecular formula is C15H18BrN3O. The van der Waals surface area contributed by atoms with Gasteiger partial charge < -0.3 is 10.6 Å². The number of hydrogen-bond donors (Lipinski definition) is 2. The maximum atomic E-state index is 11.7. The molecule has 0 aliphatic carbocycles. The number of amides is 1. The minimum Gasteiger partial charge on any atom is -0.386 e. The van der Waals surface area contributed by atoms with Gasteiger partial charge in [0.15, 0.2) is 0 Å². The molecule has 5 heteroatoms. The predicted octanol–water partition coefficient (Wildman–Crippen LogP) is 2.86. The van der Waals surface area contributed by atoms with Crippen LogP contribution in [0.4, 0.5) is 0 Å². The van der Waals surface area contributed by atoms with Crippen LogP contribution in [-0.4, -0.2) is 12.5 Å². The van der Waals surface area contributed by atoms with Crippen molar-refractivity contribution >= 4 is 21.8 Å². The fraction of sp³-hybridized carbons (Fsp3) is 0.333. The molecule has 0 bridgehead atoms. The Labute approximate surface area is 128 Å². The molecule has 1 aromatic carbocycles. The summed E-state index contributed by atoms with van der Waals surface area (Å²) in [6.07, 6.45) is 3.38. The zero-order valence-corrected chi connectivity index (χ0v) is 13.0. The highest BCUT2D eigenvalue weighted by molar-refractivity contribution is 9.10. The molecule has 0 aromatic heterocycles. The van der Waals surface area contributed by atoms with Crippen molar-refractivity contribution in [3.63, 3.8) is 0 Å². The second kappa shape index (κ2) is 9.16. The summed E-state index contributed by atoms with van der Waals surface area (Å²) in [5.41, 5.74) is 1.17. The Morgan fingerprint density at radius 1 is 1.40 bits per heavy atom. The predicted molar refractivity (Wildman–Crippen MR) is 82.6 cm³/mol. The van der Waals surface area contributed by atoms with Gasteiger partial charge >= 0.3 is 0 Å². The summed E-state index contributed by atoms with van der Waals surface area (Å²) in [6, 6.07) is 9.74. The van der Waals surface area contributed by atoms with E-state index < -0.39 is 0 Å². The maximum Gasteiger partial charge on any atom is 0.263 e. The van der Waals surface area contributed by atoms with Crippen LogP contribution in [0.25, 0.3) is 0 Å². The highest BCUT2D eigenvalue weighted by atomic mass is 79.9. The molecule has 1 amide bonds. The van der Waals surface area contributed by atoms with Gasteiger partial charge in [0.1, 0.15) is 11.6 Å². The molecule has 0 saturated carbocycles. The van der Waals surface area contributed by atoms with Crippen molar-refractivity contribution in [3.05, 3.63) is 46.1 Å². The summed E-state index contributed by atoms with van der Waals surface area (Å²) < 4.78 is 1.02. The number of carbonyl (C=O) groups is 1. The molecule has 0 radical (unpaired) electrons. The third-order valence-electron chi connectivity index (χ3n) is 2.65. The Balaban J connectivity index is 2.47. The number of hydrogen-bond acceptors (Lipinski definition) is 3. The quantitative estimate of drug-likeness (QED) is 0.457. The first-order chi connectivity index (χ1) is 9.67. The van der Waals surface area contributed by atoms with Crippen LogP contribution in [0.15, 0.2) is 40.5 Å². The van der Waals surface area contributed by atoms with Crippen molar-refractivity contribution in [2.45, 2.75) is 26.3 Å². The lowest BCUT2D eigenvalue weighted by molar-refractivity contribution is -0.117. The Bertz CT molecular complexity index is 503. The fourth-order valence-corrected chi connectivity index (χ4v) is 1.76. The SMILES string of the molecule is CCCCNC(=O)/C(C#N)=C\NCc1ccc(Br)cc1. The number of benzene rings is 1. The smallest absolute Gasteiger partial charge is 0.263 e. The largest absolute Gasteiger partial charge is 0.386 e. The van der Waals surface area contributed by atoms with Gasteiger partial charge in [-0.2, -0.15) is 5.26 Å². The van der Waals surface area contributed by atoms with Crippen molar-refractivity contribution in [1.29, 1.82) is 5.26 Å². The Morgan fingerprint density at radius 3 is 2.70 bits per heavy atom. The maximum absolute atomic E-state index is 11.7. The Hall–Kier alpha value is -1.80. The van der Waals surface area contributed by atoms with E-state index in [0.29, 0.717) is 13.1 Å². The van der Waals surface area contributed by atoms with Gasteiger partial charge in [0.25, 0.3) is 5.91 Å². The number of nitriles is 1. The van der Waals surface area contributed by atoms with Crippen LogP contribution in [0.3, 0.4) is 0 Å². The molecule has 2 N–H and O–H groups in total. The average Bonchev–Trinajstić information content (AvgIpc) is 2.45. The topological polar surface area (TPSA) is 64.9 Å². The van der Waals surface area contributed by atoms with Gasteiger partial charge in [0.05, 0.1) is 0 Å². The first-order valence-corrected chi connectivity index (χ1v) is 7.33. The molecule has 0 aliphatic heterocycles. The number of nitrogens with zero attached hydrogens (tertiary/aromatic N) is 1. The van der Waals surface area contributed by atoms with Gasteiger partial charge in [-0.05, 0) is 24.1 Å². The molecule has 1 aromatic rings. The van der Waals surface area contributed by atoms with E-state index in [-0.39, 0.29) is 11.5 Å². The van der Waals surface area contributed by atoms with Crippen LogP contribution in [0, 0.1) is 11.3 Å². The van der Waals surface area contributed by atoms with Crippen molar-refractivity contribution in [2.24, 2.45) is 0 Å². The molecule has 1 rings (SSSR count). The zero-order valence-electron chi connectivity index (χ0n) is 11.4.